The number of hydrogen-bond donors (Lipinski definition) is 3. The van der Waals surface area contributed by atoms with E-state index in [0.29, 0.717) is 5.92 Å². The van der Waals surface area contributed by atoms with Crippen molar-refractivity contribution in [3.05, 3.63) is 0 Å². The van der Waals surface area contributed by atoms with Crippen molar-refractivity contribution in [1.82, 2.24) is 5.32 Å². The number of rotatable bonds is 4. The van der Waals surface area contributed by atoms with Crippen molar-refractivity contribution in [3.8, 4) is 0 Å². The van der Waals surface area contributed by atoms with Crippen molar-refractivity contribution in [2.75, 3.05) is 19.8 Å². The van der Waals surface area contributed by atoms with Crippen LogP contribution in [0.3, 0.4) is 0 Å². The van der Waals surface area contributed by atoms with E-state index in [2.05, 4.69) is 10.5 Å². The fraction of sp³-hybridized carbons (Fsp3) is 0.889. The van der Waals surface area contributed by atoms with Gasteiger partial charge in [-0.2, -0.15) is 0 Å². The lowest BCUT2D eigenvalue weighted by molar-refractivity contribution is 0.0546. The topological polar surface area (TPSA) is 79.9 Å². The third kappa shape index (κ3) is 3.51. The van der Waals surface area contributed by atoms with Crippen LogP contribution in [0.4, 0.5) is 0 Å². The summed E-state index contributed by atoms with van der Waals surface area (Å²) in [5, 5.41) is 14.6. The lowest BCUT2D eigenvalue weighted by Gasteiger charge is -2.23. The van der Waals surface area contributed by atoms with Gasteiger partial charge in [0.15, 0.2) is 5.84 Å². The van der Waals surface area contributed by atoms with E-state index in [0.717, 1.165) is 26.2 Å². The Morgan fingerprint density at radius 2 is 2.57 bits per heavy atom. The number of nitrogens with one attached hydrogen (secondary N) is 1. The average Bonchev–Trinajstić information content (AvgIpc) is 2.26. The Bertz CT molecular complexity index is 190. The van der Waals surface area contributed by atoms with Gasteiger partial charge in [-0.25, -0.2) is 0 Å². The highest BCUT2D eigenvalue weighted by Gasteiger charge is 2.15. The summed E-state index contributed by atoms with van der Waals surface area (Å²) in [4.78, 5) is 0. The fourth-order valence-corrected chi connectivity index (χ4v) is 1.50. The fourth-order valence-electron chi connectivity index (χ4n) is 1.50. The van der Waals surface area contributed by atoms with Crippen molar-refractivity contribution < 1.29 is 9.94 Å². The first-order valence-corrected chi connectivity index (χ1v) is 5.02. The van der Waals surface area contributed by atoms with Gasteiger partial charge < -0.3 is 21.0 Å². The van der Waals surface area contributed by atoms with Crippen LogP contribution in [0.2, 0.25) is 0 Å². The number of hydrogen-bond acceptors (Lipinski definition) is 4. The molecule has 1 rings (SSSR count). The molecule has 0 aromatic rings. The summed E-state index contributed by atoms with van der Waals surface area (Å²) >= 11 is 0. The van der Waals surface area contributed by atoms with Gasteiger partial charge in [-0.1, -0.05) is 5.16 Å². The van der Waals surface area contributed by atoms with Crippen molar-refractivity contribution in [3.63, 3.8) is 0 Å². The molecule has 4 N–H and O–H groups in total. The zero-order valence-corrected chi connectivity index (χ0v) is 8.57. The summed E-state index contributed by atoms with van der Waals surface area (Å²) in [6, 6.07) is -0.0815. The second-order valence-corrected chi connectivity index (χ2v) is 3.74. The van der Waals surface area contributed by atoms with Crippen LogP contribution in [0, 0.1) is 5.92 Å². The highest BCUT2D eigenvalue weighted by molar-refractivity contribution is 5.84. The van der Waals surface area contributed by atoms with Gasteiger partial charge in [0.05, 0.1) is 12.6 Å². The molecule has 0 aromatic heterocycles. The van der Waals surface area contributed by atoms with Crippen molar-refractivity contribution in [2.45, 2.75) is 25.8 Å². The van der Waals surface area contributed by atoms with Crippen LogP contribution in [0.25, 0.3) is 0 Å². The van der Waals surface area contributed by atoms with Gasteiger partial charge in [-0.05, 0) is 25.7 Å². The van der Waals surface area contributed by atoms with E-state index in [9.17, 15) is 0 Å². The summed E-state index contributed by atoms with van der Waals surface area (Å²) in [5.74, 6) is 0.777. The summed E-state index contributed by atoms with van der Waals surface area (Å²) < 4.78 is 5.35. The average molecular weight is 201 g/mol. The Hall–Kier alpha value is -0.810. The van der Waals surface area contributed by atoms with Crippen LogP contribution in [0.5, 0.6) is 0 Å². The monoisotopic (exact) mass is 201 g/mol. The highest BCUT2D eigenvalue weighted by Crippen LogP contribution is 2.12. The molecule has 1 aliphatic rings. The SMILES string of the molecule is CC(NCC1CCCOC1)C(N)=NO. The van der Waals surface area contributed by atoms with Crippen LogP contribution >= 0.6 is 0 Å². The van der Waals surface area contributed by atoms with Crippen LogP contribution in [0.15, 0.2) is 5.16 Å². The zero-order chi connectivity index (χ0) is 10.4. The summed E-state index contributed by atoms with van der Waals surface area (Å²) in [5.41, 5.74) is 5.44. The molecule has 0 amide bonds. The number of ether oxygens (including phenoxy) is 1. The minimum absolute atomic E-state index is 0.0815. The second kappa shape index (κ2) is 5.82. The predicted octanol–water partition coefficient (Wildman–Crippen LogP) is 0.138. The number of nitrogens with zero attached hydrogens (tertiary/aromatic N) is 1. The molecule has 2 unspecified atom stereocenters. The first-order valence-electron chi connectivity index (χ1n) is 5.02. The molecule has 5 heteroatoms. The lowest BCUT2D eigenvalue weighted by atomic mass is 10.0. The molecule has 1 heterocycles. The highest BCUT2D eigenvalue weighted by atomic mass is 16.5. The molecular formula is C9H19N3O2. The Morgan fingerprint density at radius 3 is 3.14 bits per heavy atom. The first-order chi connectivity index (χ1) is 6.74. The standard InChI is InChI=1S/C9H19N3O2/c1-7(9(10)12-13)11-5-8-3-2-4-14-6-8/h7-8,11,13H,2-6H2,1H3,(H2,10,12). The van der Waals surface area contributed by atoms with E-state index in [1.54, 1.807) is 0 Å². The number of nitrogens with two attached hydrogens (primary N) is 1. The van der Waals surface area contributed by atoms with Gasteiger partial charge in [0.2, 0.25) is 0 Å². The molecule has 14 heavy (non-hydrogen) atoms. The summed E-state index contributed by atoms with van der Waals surface area (Å²) in [6.45, 7) is 4.43. The van der Waals surface area contributed by atoms with E-state index >= 15 is 0 Å². The lowest BCUT2D eigenvalue weighted by Crippen LogP contribution is -2.42. The molecule has 1 fully saturated rings. The van der Waals surface area contributed by atoms with E-state index in [1.807, 2.05) is 6.92 Å². The summed E-state index contributed by atoms with van der Waals surface area (Å²) in [6.07, 6.45) is 2.32. The van der Waals surface area contributed by atoms with Gasteiger partial charge in [0, 0.05) is 13.2 Å². The zero-order valence-electron chi connectivity index (χ0n) is 8.57. The van der Waals surface area contributed by atoms with Crippen molar-refractivity contribution in [1.29, 1.82) is 0 Å². The van der Waals surface area contributed by atoms with Gasteiger partial charge in [0.1, 0.15) is 0 Å². The minimum atomic E-state index is -0.0815. The third-order valence-electron chi connectivity index (χ3n) is 2.53. The molecule has 0 spiro atoms. The summed E-state index contributed by atoms with van der Waals surface area (Å²) in [7, 11) is 0. The quantitative estimate of drug-likeness (QED) is 0.261. The van der Waals surface area contributed by atoms with E-state index < -0.39 is 0 Å². The second-order valence-electron chi connectivity index (χ2n) is 3.74. The Morgan fingerprint density at radius 1 is 1.79 bits per heavy atom. The molecule has 1 aliphatic heterocycles. The molecule has 2 atom stereocenters. The molecule has 1 saturated heterocycles. The molecule has 0 aliphatic carbocycles. The van der Waals surface area contributed by atoms with Gasteiger partial charge in [-0.15, -0.1) is 0 Å². The number of oxime groups is 1. The maximum atomic E-state index is 8.44. The van der Waals surface area contributed by atoms with Gasteiger partial charge in [-0.3, -0.25) is 0 Å². The number of amidine groups is 1. The van der Waals surface area contributed by atoms with Crippen molar-refractivity contribution >= 4 is 5.84 Å². The molecular weight excluding hydrogens is 182 g/mol. The van der Waals surface area contributed by atoms with Crippen molar-refractivity contribution in [2.24, 2.45) is 16.8 Å². The van der Waals surface area contributed by atoms with Gasteiger partial charge in [0.25, 0.3) is 0 Å². The van der Waals surface area contributed by atoms with E-state index in [-0.39, 0.29) is 11.9 Å². The van der Waals surface area contributed by atoms with Crippen LogP contribution in [-0.2, 0) is 4.74 Å². The normalized spacial score (nSPS) is 26.1. The largest absolute Gasteiger partial charge is 0.409 e. The third-order valence-corrected chi connectivity index (χ3v) is 2.53. The van der Waals surface area contributed by atoms with E-state index in [1.165, 1.54) is 6.42 Å². The Labute approximate surface area is 84.3 Å². The molecule has 5 nitrogen and oxygen atoms in total. The predicted molar refractivity (Wildman–Crippen MR) is 54.4 cm³/mol. The van der Waals surface area contributed by atoms with Gasteiger partial charge >= 0.3 is 0 Å². The van der Waals surface area contributed by atoms with E-state index in [4.69, 9.17) is 15.7 Å². The maximum absolute atomic E-state index is 8.44. The molecule has 0 saturated carbocycles. The smallest absolute Gasteiger partial charge is 0.156 e. The maximum Gasteiger partial charge on any atom is 0.156 e. The first kappa shape index (κ1) is 11.3. The minimum Gasteiger partial charge on any atom is -0.409 e. The van der Waals surface area contributed by atoms with Crippen LogP contribution < -0.4 is 11.1 Å². The molecule has 0 bridgehead atoms. The molecule has 0 radical (unpaired) electrons. The Kier molecular flexibility index (Phi) is 4.69. The van der Waals surface area contributed by atoms with Crippen LogP contribution in [-0.4, -0.2) is 36.8 Å². The Balaban J connectivity index is 2.18. The molecule has 0 aromatic carbocycles. The molecule has 82 valence electrons. The van der Waals surface area contributed by atoms with Crippen LogP contribution in [0.1, 0.15) is 19.8 Å².